The van der Waals surface area contributed by atoms with Gasteiger partial charge in [-0.1, -0.05) is 11.6 Å². The van der Waals surface area contributed by atoms with Crippen LogP contribution in [0, 0.1) is 5.92 Å². The van der Waals surface area contributed by atoms with Gasteiger partial charge in [-0.25, -0.2) is 15.0 Å². The van der Waals surface area contributed by atoms with E-state index in [0.717, 1.165) is 18.5 Å². The zero-order valence-electron chi connectivity index (χ0n) is 9.95. The molecular weight excluding hydrogens is 230 g/mol. The van der Waals surface area contributed by atoms with Crippen LogP contribution < -0.4 is 5.73 Å². The molecule has 3 N–H and O–H groups in total. The van der Waals surface area contributed by atoms with Crippen molar-refractivity contribution in [1.82, 2.24) is 19.5 Å². The molecule has 0 radical (unpaired) electrons. The first kappa shape index (κ1) is 11.2. The van der Waals surface area contributed by atoms with E-state index >= 15 is 0 Å². The predicted molar refractivity (Wildman–Crippen MR) is 67.6 cm³/mol. The molecule has 1 saturated carbocycles. The molecule has 1 unspecified atom stereocenters. The molecule has 2 aromatic rings. The van der Waals surface area contributed by atoms with Crippen molar-refractivity contribution in [1.29, 1.82) is 0 Å². The van der Waals surface area contributed by atoms with E-state index in [1.54, 1.807) is 6.33 Å². The summed E-state index contributed by atoms with van der Waals surface area (Å²) < 4.78 is 1.94. The van der Waals surface area contributed by atoms with Gasteiger partial charge in [-0.2, -0.15) is 0 Å². The fraction of sp³-hybridized carbons (Fsp3) is 0.417. The maximum atomic E-state index is 9.12. The fourth-order valence-corrected chi connectivity index (χ4v) is 2.24. The van der Waals surface area contributed by atoms with Gasteiger partial charge in [0, 0.05) is 19.1 Å². The van der Waals surface area contributed by atoms with E-state index in [0.29, 0.717) is 23.8 Å². The molecule has 1 aliphatic rings. The Hall–Kier alpha value is -1.95. The van der Waals surface area contributed by atoms with Crippen LogP contribution in [0.3, 0.4) is 0 Å². The molecule has 3 rings (SSSR count). The van der Waals surface area contributed by atoms with Crippen molar-refractivity contribution in [2.24, 2.45) is 5.92 Å². The molecule has 0 aliphatic heterocycles. The van der Waals surface area contributed by atoms with Gasteiger partial charge in [0.15, 0.2) is 11.5 Å². The minimum absolute atomic E-state index is 0.242. The maximum absolute atomic E-state index is 9.12. The van der Waals surface area contributed by atoms with Crippen LogP contribution in [0.25, 0.3) is 11.2 Å². The number of anilines is 1. The summed E-state index contributed by atoms with van der Waals surface area (Å²) in [6, 6.07) is 0. The first-order valence-electron chi connectivity index (χ1n) is 6.00. The molecule has 2 heterocycles. The second-order valence-corrected chi connectivity index (χ2v) is 4.53. The summed E-state index contributed by atoms with van der Waals surface area (Å²) in [5.41, 5.74) is 8.44. The molecule has 94 valence electrons. The minimum Gasteiger partial charge on any atom is -0.396 e. The lowest BCUT2D eigenvalue weighted by atomic mass is 9.80. The number of aliphatic hydroxyl groups excluding tert-OH is 1. The zero-order valence-corrected chi connectivity index (χ0v) is 9.95. The largest absolute Gasteiger partial charge is 0.396 e. The molecular formula is C12H15N5O. The molecule has 0 bridgehead atoms. The van der Waals surface area contributed by atoms with E-state index in [2.05, 4.69) is 21.0 Å². The van der Waals surface area contributed by atoms with Gasteiger partial charge >= 0.3 is 0 Å². The van der Waals surface area contributed by atoms with Gasteiger partial charge in [0.2, 0.25) is 0 Å². The van der Waals surface area contributed by atoms with Gasteiger partial charge in [0.1, 0.15) is 11.8 Å². The Bertz CT molecular complexity index is 602. The highest BCUT2D eigenvalue weighted by Crippen LogP contribution is 2.32. The van der Waals surface area contributed by atoms with Crippen molar-refractivity contribution < 1.29 is 5.11 Å². The summed E-state index contributed by atoms with van der Waals surface area (Å²) in [7, 11) is 0. The number of hydrogen-bond donors (Lipinski definition) is 2. The number of nitrogens with two attached hydrogens (primary N) is 1. The second kappa shape index (κ2) is 4.38. The van der Waals surface area contributed by atoms with Crippen molar-refractivity contribution in [3.05, 3.63) is 24.3 Å². The molecule has 1 aliphatic carbocycles. The Morgan fingerprint density at radius 2 is 2.33 bits per heavy atom. The molecule has 1 atom stereocenters. The number of fused-ring (bicyclic) bond motifs is 1. The standard InChI is InChI=1S/C12H15N5O/c13-11-10-12(15-6-14-11)17(7-16-10)4-3-8-1-2-9(8)5-18/h3,6-7,9,18H,1-2,4-5H2,(H2,13,14,15). The predicted octanol–water partition coefficient (Wildman–Crippen LogP) is 0.737. The van der Waals surface area contributed by atoms with Crippen molar-refractivity contribution in [2.75, 3.05) is 12.3 Å². The minimum atomic E-state index is 0.242. The van der Waals surface area contributed by atoms with Crippen LogP contribution in [0.1, 0.15) is 12.8 Å². The van der Waals surface area contributed by atoms with Crippen LogP contribution in [0.15, 0.2) is 24.3 Å². The number of aromatic nitrogens is 4. The van der Waals surface area contributed by atoms with Gasteiger partial charge in [-0.3, -0.25) is 0 Å². The lowest BCUT2D eigenvalue weighted by molar-refractivity contribution is 0.211. The smallest absolute Gasteiger partial charge is 0.165 e. The SMILES string of the molecule is Nc1ncnc2c1ncn2CC=C1CCC1CO. The van der Waals surface area contributed by atoms with Crippen molar-refractivity contribution >= 4 is 17.0 Å². The summed E-state index contributed by atoms with van der Waals surface area (Å²) in [5.74, 6) is 0.753. The Morgan fingerprint density at radius 1 is 1.44 bits per heavy atom. The Balaban J connectivity index is 1.85. The highest BCUT2D eigenvalue weighted by Gasteiger charge is 2.22. The molecule has 0 spiro atoms. The first-order valence-corrected chi connectivity index (χ1v) is 6.00. The van der Waals surface area contributed by atoms with Crippen LogP contribution in [0.4, 0.5) is 5.82 Å². The van der Waals surface area contributed by atoms with Gasteiger partial charge < -0.3 is 15.4 Å². The molecule has 18 heavy (non-hydrogen) atoms. The van der Waals surface area contributed by atoms with Crippen LogP contribution in [0.2, 0.25) is 0 Å². The lowest BCUT2D eigenvalue weighted by Crippen LogP contribution is -2.19. The Labute approximate surface area is 104 Å². The highest BCUT2D eigenvalue weighted by molar-refractivity contribution is 5.81. The number of aliphatic hydroxyl groups is 1. The topological polar surface area (TPSA) is 89.9 Å². The fourth-order valence-electron chi connectivity index (χ4n) is 2.24. The van der Waals surface area contributed by atoms with Gasteiger partial charge in [-0.05, 0) is 12.8 Å². The number of nitrogen functional groups attached to an aromatic ring is 1. The third-order valence-corrected chi connectivity index (χ3v) is 3.51. The van der Waals surface area contributed by atoms with E-state index in [9.17, 15) is 0 Å². The Morgan fingerprint density at radius 3 is 3.06 bits per heavy atom. The normalized spacial score (nSPS) is 21.4. The van der Waals surface area contributed by atoms with E-state index in [1.165, 1.54) is 11.9 Å². The van der Waals surface area contributed by atoms with Gasteiger partial charge in [0.25, 0.3) is 0 Å². The number of nitrogens with zero attached hydrogens (tertiary/aromatic N) is 4. The molecule has 6 nitrogen and oxygen atoms in total. The summed E-state index contributed by atoms with van der Waals surface area (Å²) in [6.07, 6.45) is 7.48. The molecule has 0 saturated heterocycles. The number of rotatable bonds is 3. The summed E-state index contributed by atoms with van der Waals surface area (Å²) in [4.78, 5) is 12.3. The van der Waals surface area contributed by atoms with E-state index in [1.807, 2.05) is 4.57 Å². The lowest BCUT2D eigenvalue weighted by Gasteiger charge is -2.28. The summed E-state index contributed by atoms with van der Waals surface area (Å²) in [5, 5.41) is 9.12. The van der Waals surface area contributed by atoms with Crippen LogP contribution in [-0.4, -0.2) is 31.2 Å². The van der Waals surface area contributed by atoms with E-state index < -0.39 is 0 Å². The molecule has 0 amide bonds. The third kappa shape index (κ3) is 1.74. The molecule has 6 heteroatoms. The zero-order chi connectivity index (χ0) is 12.5. The van der Waals surface area contributed by atoms with Crippen molar-refractivity contribution in [3.8, 4) is 0 Å². The quantitative estimate of drug-likeness (QED) is 0.778. The third-order valence-electron chi connectivity index (χ3n) is 3.51. The summed E-state index contributed by atoms with van der Waals surface area (Å²) >= 11 is 0. The van der Waals surface area contributed by atoms with Crippen LogP contribution in [0.5, 0.6) is 0 Å². The van der Waals surface area contributed by atoms with Crippen LogP contribution >= 0.6 is 0 Å². The molecule has 1 fully saturated rings. The van der Waals surface area contributed by atoms with Crippen LogP contribution in [-0.2, 0) is 6.54 Å². The van der Waals surface area contributed by atoms with E-state index in [-0.39, 0.29) is 6.61 Å². The average molecular weight is 245 g/mol. The van der Waals surface area contributed by atoms with Gasteiger partial charge in [0.05, 0.1) is 6.33 Å². The van der Waals surface area contributed by atoms with Crippen molar-refractivity contribution in [3.63, 3.8) is 0 Å². The highest BCUT2D eigenvalue weighted by atomic mass is 16.3. The first-order chi connectivity index (χ1) is 8.79. The van der Waals surface area contributed by atoms with Gasteiger partial charge in [-0.15, -0.1) is 0 Å². The number of imidazole rings is 1. The van der Waals surface area contributed by atoms with E-state index in [4.69, 9.17) is 10.8 Å². The monoisotopic (exact) mass is 245 g/mol. The number of allylic oxidation sites excluding steroid dienone is 1. The maximum Gasteiger partial charge on any atom is 0.165 e. The number of hydrogen-bond acceptors (Lipinski definition) is 5. The van der Waals surface area contributed by atoms with Crippen molar-refractivity contribution in [2.45, 2.75) is 19.4 Å². The second-order valence-electron chi connectivity index (χ2n) is 4.53. The molecule has 0 aromatic carbocycles. The average Bonchev–Trinajstić information content (AvgIpc) is 2.74. The Kier molecular flexibility index (Phi) is 2.71. The molecule has 2 aromatic heterocycles. The summed E-state index contributed by atoms with van der Waals surface area (Å²) in [6.45, 7) is 0.949.